The molecule has 144 valence electrons. The maximum absolute atomic E-state index is 11.3. The quantitative estimate of drug-likeness (QED) is 0.203. The van der Waals surface area contributed by atoms with Crippen LogP contribution in [0.1, 0.15) is 84.0 Å². The summed E-state index contributed by atoms with van der Waals surface area (Å²) in [5.41, 5.74) is 5.35. The van der Waals surface area contributed by atoms with Crippen LogP contribution in [0.3, 0.4) is 0 Å². The fourth-order valence-corrected chi connectivity index (χ4v) is 2.40. The van der Waals surface area contributed by atoms with E-state index in [0.717, 1.165) is 38.5 Å². The molecule has 0 rings (SSSR count). The van der Waals surface area contributed by atoms with Gasteiger partial charge in [0.2, 0.25) is 0 Å². The Morgan fingerprint density at radius 3 is 2.08 bits per heavy atom. The number of esters is 1. The van der Waals surface area contributed by atoms with Gasteiger partial charge in [-0.1, -0.05) is 69.1 Å². The van der Waals surface area contributed by atoms with E-state index in [0.29, 0.717) is 19.6 Å². The zero-order chi connectivity index (χ0) is 18.4. The molecular weight excluding hydrogens is 310 g/mol. The first-order valence-corrected chi connectivity index (χ1v) is 10.1. The predicted molar refractivity (Wildman–Crippen MR) is 109 cm³/mol. The summed E-state index contributed by atoms with van der Waals surface area (Å²) >= 11 is 0. The van der Waals surface area contributed by atoms with Gasteiger partial charge in [0, 0.05) is 6.42 Å². The number of unbranched alkanes of at least 4 members (excludes halogenated alkanes) is 6. The minimum atomic E-state index is -0.107. The van der Waals surface area contributed by atoms with E-state index >= 15 is 0 Å². The second-order valence-corrected chi connectivity index (χ2v) is 6.32. The third kappa shape index (κ3) is 20.6. The van der Waals surface area contributed by atoms with E-state index in [4.69, 9.17) is 10.5 Å². The molecule has 0 aromatic rings. The zero-order valence-corrected chi connectivity index (χ0v) is 16.3. The molecule has 0 unspecified atom stereocenters. The van der Waals surface area contributed by atoms with Crippen molar-refractivity contribution >= 4 is 5.97 Å². The number of carbonyl (C=O) groups is 1. The van der Waals surface area contributed by atoms with Crippen LogP contribution < -0.4 is 5.73 Å². The Bertz CT molecular complexity index is 372. The lowest BCUT2D eigenvalue weighted by molar-refractivity contribution is -0.143. The molecule has 0 saturated carbocycles. The zero-order valence-electron chi connectivity index (χ0n) is 16.3. The Kier molecular flexibility index (Phi) is 19.6. The van der Waals surface area contributed by atoms with Gasteiger partial charge in [-0.2, -0.15) is 0 Å². The molecule has 0 amide bonds. The van der Waals surface area contributed by atoms with Crippen molar-refractivity contribution in [2.24, 2.45) is 5.73 Å². The van der Waals surface area contributed by atoms with E-state index in [1.807, 2.05) is 0 Å². The maximum atomic E-state index is 11.3. The van der Waals surface area contributed by atoms with E-state index in [-0.39, 0.29) is 5.97 Å². The molecule has 3 nitrogen and oxygen atoms in total. The minimum absolute atomic E-state index is 0.107. The smallest absolute Gasteiger partial charge is 0.305 e. The number of hydrogen-bond donors (Lipinski definition) is 1. The van der Waals surface area contributed by atoms with Crippen LogP contribution in [0.15, 0.2) is 36.5 Å². The molecule has 0 aliphatic carbocycles. The van der Waals surface area contributed by atoms with Crippen molar-refractivity contribution in [3.63, 3.8) is 0 Å². The SMILES string of the molecule is CC/C=C/C/C=C/C/C=C/CCCCCCCCOC(=O)CCCN. The second-order valence-electron chi connectivity index (χ2n) is 6.32. The highest BCUT2D eigenvalue weighted by Crippen LogP contribution is 2.08. The maximum Gasteiger partial charge on any atom is 0.305 e. The summed E-state index contributed by atoms with van der Waals surface area (Å²) in [7, 11) is 0. The molecule has 0 saturated heterocycles. The highest BCUT2D eigenvalue weighted by atomic mass is 16.5. The largest absolute Gasteiger partial charge is 0.466 e. The van der Waals surface area contributed by atoms with E-state index < -0.39 is 0 Å². The summed E-state index contributed by atoms with van der Waals surface area (Å²) in [6, 6.07) is 0. The number of ether oxygens (including phenoxy) is 1. The molecule has 0 heterocycles. The van der Waals surface area contributed by atoms with E-state index in [2.05, 4.69) is 43.4 Å². The Morgan fingerprint density at radius 2 is 1.40 bits per heavy atom. The fourth-order valence-electron chi connectivity index (χ4n) is 2.40. The number of hydrogen-bond acceptors (Lipinski definition) is 3. The van der Waals surface area contributed by atoms with Gasteiger partial charge < -0.3 is 10.5 Å². The van der Waals surface area contributed by atoms with Crippen LogP contribution in [0.25, 0.3) is 0 Å². The summed E-state index contributed by atoms with van der Waals surface area (Å²) in [5, 5.41) is 0. The van der Waals surface area contributed by atoms with Gasteiger partial charge in [0.25, 0.3) is 0 Å². The molecule has 3 heteroatoms. The molecule has 0 fully saturated rings. The number of rotatable bonds is 17. The van der Waals surface area contributed by atoms with E-state index in [1.165, 1.54) is 32.1 Å². The van der Waals surface area contributed by atoms with E-state index in [1.54, 1.807) is 0 Å². The predicted octanol–water partition coefficient (Wildman–Crippen LogP) is 5.86. The molecule has 2 N–H and O–H groups in total. The monoisotopic (exact) mass is 349 g/mol. The van der Waals surface area contributed by atoms with Crippen molar-refractivity contribution in [1.29, 1.82) is 0 Å². The molecule has 0 aromatic carbocycles. The van der Waals surface area contributed by atoms with Gasteiger partial charge in [-0.15, -0.1) is 0 Å². The van der Waals surface area contributed by atoms with Crippen LogP contribution in [-0.2, 0) is 9.53 Å². The highest BCUT2D eigenvalue weighted by Gasteiger charge is 2.00. The molecule has 0 aliphatic rings. The molecule has 0 atom stereocenters. The lowest BCUT2D eigenvalue weighted by Crippen LogP contribution is -2.08. The summed E-state index contributed by atoms with van der Waals surface area (Å²) in [6.45, 7) is 3.27. The Morgan fingerprint density at radius 1 is 0.800 bits per heavy atom. The van der Waals surface area contributed by atoms with Crippen molar-refractivity contribution < 1.29 is 9.53 Å². The molecule has 25 heavy (non-hydrogen) atoms. The Balaban J connectivity index is 3.24. The minimum Gasteiger partial charge on any atom is -0.466 e. The summed E-state index contributed by atoms with van der Waals surface area (Å²) in [6.07, 6.45) is 26.2. The van der Waals surface area contributed by atoms with E-state index in [9.17, 15) is 4.79 Å². The number of allylic oxidation sites excluding steroid dienone is 6. The van der Waals surface area contributed by atoms with Gasteiger partial charge in [-0.05, 0) is 51.5 Å². The summed E-state index contributed by atoms with van der Waals surface area (Å²) in [4.78, 5) is 11.3. The van der Waals surface area contributed by atoms with Crippen molar-refractivity contribution in [2.45, 2.75) is 84.0 Å². The van der Waals surface area contributed by atoms with Crippen LogP contribution in [0.4, 0.5) is 0 Å². The topological polar surface area (TPSA) is 52.3 Å². The molecular formula is C22H39NO2. The van der Waals surface area contributed by atoms with Gasteiger partial charge in [-0.3, -0.25) is 4.79 Å². The van der Waals surface area contributed by atoms with Crippen LogP contribution in [-0.4, -0.2) is 19.1 Å². The van der Waals surface area contributed by atoms with Gasteiger partial charge in [0.1, 0.15) is 0 Å². The van der Waals surface area contributed by atoms with Crippen LogP contribution in [0, 0.1) is 0 Å². The van der Waals surface area contributed by atoms with Crippen molar-refractivity contribution in [3.05, 3.63) is 36.5 Å². The lowest BCUT2D eigenvalue weighted by atomic mass is 10.1. The molecule has 0 aromatic heterocycles. The normalized spacial score (nSPS) is 11.9. The van der Waals surface area contributed by atoms with Gasteiger partial charge >= 0.3 is 5.97 Å². The van der Waals surface area contributed by atoms with Gasteiger partial charge in [0.15, 0.2) is 0 Å². The highest BCUT2D eigenvalue weighted by molar-refractivity contribution is 5.69. The van der Waals surface area contributed by atoms with Crippen molar-refractivity contribution in [2.75, 3.05) is 13.2 Å². The van der Waals surface area contributed by atoms with Crippen molar-refractivity contribution in [3.8, 4) is 0 Å². The molecule has 0 radical (unpaired) electrons. The first kappa shape index (κ1) is 23.6. The Hall–Kier alpha value is -1.35. The molecule has 0 bridgehead atoms. The fraction of sp³-hybridized carbons (Fsp3) is 0.682. The Labute approximate surface area is 155 Å². The van der Waals surface area contributed by atoms with Gasteiger partial charge in [-0.25, -0.2) is 0 Å². The third-order valence-corrected chi connectivity index (χ3v) is 3.89. The van der Waals surface area contributed by atoms with Crippen LogP contribution >= 0.6 is 0 Å². The van der Waals surface area contributed by atoms with Gasteiger partial charge in [0.05, 0.1) is 6.61 Å². The molecule has 0 spiro atoms. The summed E-state index contributed by atoms with van der Waals surface area (Å²) in [5.74, 6) is -0.107. The van der Waals surface area contributed by atoms with Crippen molar-refractivity contribution in [1.82, 2.24) is 0 Å². The number of carbonyl (C=O) groups excluding carboxylic acids is 1. The van der Waals surface area contributed by atoms with Crippen LogP contribution in [0.2, 0.25) is 0 Å². The second kappa shape index (κ2) is 20.7. The first-order chi connectivity index (χ1) is 12.3. The average molecular weight is 350 g/mol. The first-order valence-electron chi connectivity index (χ1n) is 10.1. The molecule has 0 aliphatic heterocycles. The standard InChI is InChI=1S/C22H39NO2/c1-2-3-4-5-6-7-8-9-10-11-12-13-14-15-16-17-21-25-22(24)19-18-20-23/h3-4,6-7,9-10H,2,5,8,11-21,23H2,1H3/b4-3+,7-6+,10-9+. The lowest BCUT2D eigenvalue weighted by Gasteiger charge is -2.04. The number of nitrogens with two attached hydrogens (primary N) is 1. The average Bonchev–Trinajstić information content (AvgIpc) is 2.62. The summed E-state index contributed by atoms with van der Waals surface area (Å²) < 4.78 is 5.15. The van der Waals surface area contributed by atoms with Crippen LogP contribution in [0.5, 0.6) is 0 Å². The third-order valence-electron chi connectivity index (χ3n) is 3.89.